The Hall–Kier alpha value is -1.17. The fourth-order valence-electron chi connectivity index (χ4n) is 0.471. The summed E-state index contributed by atoms with van der Waals surface area (Å²) in [7, 11) is 1.44. The zero-order chi connectivity index (χ0) is 8.04. The molecule has 0 aromatic heterocycles. The van der Waals surface area contributed by atoms with Gasteiger partial charge in [0.15, 0.2) is 5.54 Å². The monoisotopic (exact) mass is 140 g/mol. The van der Waals surface area contributed by atoms with Gasteiger partial charge in [-0.2, -0.15) is 10.3 Å². The number of hydrogen-bond acceptors (Lipinski definition) is 4. The van der Waals surface area contributed by atoms with Crippen LogP contribution in [0.4, 0.5) is 0 Å². The van der Waals surface area contributed by atoms with E-state index in [2.05, 4.69) is 9.73 Å². The Morgan fingerprint density at radius 2 is 2.40 bits per heavy atom. The van der Waals surface area contributed by atoms with Crippen LogP contribution in [0.15, 0.2) is 4.99 Å². The lowest BCUT2D eigenvalue weighted by Crippen LogP contribution is -2.25. The molecule has 0 saturated carbocycles. The van der Waals surface area contributed by atoms with Gasteiger partial charge in [-0.1, -0.05) is 0 Å². The van der Waals surface area contributed by atoms with Crippen molar-refractivity contribution in [3.8, 4) is 6.07 Å². The second kappa shape index (κ2) is 3.78. The van der Waals surface area contributed by atoms with Crippen molar-refractivity contribution < 1.29 is 9.53 Å². The zero-order valence-electron chi connectivity index (χ0n) is 5.92. The predicted molar refractivity (Wildman–Crippen MR) is 34.0 cm³/mol. The Kier molecular flexibility index (Phi) is 3.34. The van der Waals surface area contributed by atoms with E-state index >= 15 is 0 Å². The SMILES string of the molecule is COCC(C)(C#N)N=C=O. The highest BCUT2D eigenvalue weighted by molar-refractivity contribution is 5.36. The summed E-state index contributed by atoms with van der Waals surface area (Å²) in [6.07, 6.45) is 1.32. The summed E-state index contributed by atoms with van der Waals surface area (Å²) in [5.41, 5.74) is -1.07. The van der Waals surface area contributed by atoms with Crippen molar-refractivity contribution >= 4 is 6.08 Å². The van der Waals surface area contributed by atoms with Crippen LogP contribution in [-0.2, 0) is 9.53 Å². The van der Waals surface area contributed by atoms with Gasteiger partial charge in [-0.05, 0) is 6.92 Å². The van der Waals surface area contributed by atoms with E-state index in [0.29, 0.717) is 0 Å². The summed E-state index contributed by atoms with van der Waals surface area (Å²) in [6, 6.07) is 1.83. The molecule has 0 bridgehead atoms. The predicted octanol–water partition coefficient (Wildman–Crippen LogP) is 0.251. The number of isocyanates is 1. The first kappa shape index (κ1) is 8.83. The molecule has 0 amide bonds. The highest BCUT2D eigenvalue weighted by atomic mass is 16.5. The number of hydrogen-bond donors (Lipinski definition) is 0. The van der Waals surface area contributed by atoms with Gasteiger partial charge in [0.1, 0.15) is 0 Å². The molecule has 0 spiro atoms. The maximum Gasteiger partial charge on any atom is 0.236 e. The first-order valence-corrected chi connectivity index (χ1v) is 2.68. The van der Waals surface area contributed by atoms with Crippen LogP contribution in [0.25, 0.3) is 0 Å². The highest BCUT2D eigenvalue weighted by Crippen LogP contribution is 2.06. The van der Waals surface area contributed by atoms with Crippen molar-refractivity contribution in [3.63, 3.8) is 0 Å². The smallest absolute Gasteiger partial charge is 0.236 e. The lowest BCUT2D eigenvalue weighted by Gasteiger charge is -2.10. The maximum absolute atomic E-state index is 9.76. The molecule has 0 heterocycles. The third kappa shape index (κ3) is 2.40. The fourth-order valence-corrected chi connectivity index (χ4v) is 0.471. The number of ether oxygens (including phenoxy) is 1. The Morgan fingerprint density at radius 3 is 2.70 bits per heavy atom. The quantitative estimate of drug-likeness (QED) is 0.417. The molecule has 0 aliphatic heterocycles. The normalized spacial score (nSPS) is 14.5. The van der Waals surface area contributed by atoms with Gasteiger partial charge < -0.3 is 4.74 Å². The summed E-state index contributed by atoms with van der Waals surface area (Å²) in [5, 5.41) is 8.44. The van der Waals surface area contributed by atoms with Gasteiger partial charge in [-0.25, -0.2) is 4.79 Å². The van der Waals surface area contributed by atoms with Gasteiger partial charge in [-0.3, -0.25) is 0 Å². The number of nitrogens with zero attached hydrogens (tertiary/aromatic N) is 2. The third-order valence-electron chi connectivity index (χ3n) is 0.959. The Balaban J connectivity index is 4.26. The van der Waals surface area contributed by atoms with Crippen molar-refractivity contribution in [2.24, 2.45) is 4.99 Å². The average Bonchev–Trinajstić information content (AvgIpc) is 1.89. The van der Waals surface area contributed by atoms with Gasteiger partial charge >= 0.3 is 0 Å². The van der Waals surface area contributed by atoms with Crippen LogP contribution < -0.4 is 0 Å². The molecule has 0 N–H and O–H groups in total. The molecular weight excluding hydrogens is 132 g/mol. The van der Waals surface area contributed by atoms with E-state index in [4.69, 9.17) is 5.26 Å². The van der Waals surface area contributed by atoms with E-state index in [1.807, 2.05) is 6.07 Å². The zero-order valence-corrected chi connectivity index (χ0v) is 5.92. The lowest BCUT2D eigenvalue weighted by molar-refractivity contribution is 0.164. The number of rotatable bonds is 3. The Labute approximate surface area is 59.1 Å². The van der Waals surface area contributed by atoms with Gasteiger partial charge in [-0.15, -0.1) is 0 Å². The molecule has 0 aromatic rings. The molecule has 54 valence electrons. The summed E-state index contributed by atoms with van der Waals surface area (Å²) < 4.78 is 4.66. The molecule has 10 heavy (non-hydrogen) atoms. The Morgan fingerprint density at radius 1 is 1.80 bits per heavy atom. The second-order valence-corrected chi connectivity index (χ2v) is 2.02. The van der Waals surface area contributed by atoms with E-state index < -0.39 is 5.54 Å². The van der Waals surface area contributed by atoms with E-state index in [1.54, 1.807) is 0 Å². The van der Waals surface area contributed by atoms with Gasteiger partial charge in [0.2, 0.25) is 6.08 Å². The minimum absolute atomic E-state index is 0.110. The first-order chi connectivity index (χ1) is 4.68. The van der Waals surface area contributed by atoms with Crippen LogP contribution in [0.5, 0.6) is 0 Å². The van der Waals surface area contributed by atoms with E-state index in [-0.39, 0.29) is 6.61 Å². The minimum atomic E-state index is -1.07. The molecule has 0 rings (SSSR count). The lowest BCUT2D eigenvalue weighted by atomic mass is 10.1. The van der Waals surface area contributed by atoms with Crippen LogP contribution in [0.2, 0.25) is 0 Å². The van der Waals surface area contributed by atoms with Crippen LogP contribution in [0, 0.1) is 11.3 Å². The van der Waals surface area contributed by atoms with Crippen molar-refractivity contribution in [2.75, 3.05) is 13.7 Å². The molecule has 4 nitrogen and oxygen atoms in total. The first-order valence-electron chi connectivity index (χ1n) is 2.68. The maximum atomic E-state index is 9.76. The van der Waals surface area contributed by atoms with Crippen molar-refractivity contribution in [1.29, 1.82) is 5.26 Å². The van der Waals surface area contributed by atoms with Crippen LogP contribution in [-0.4, -0.2) is 25.3 Å². The van der Waals surface area contributed by atoms with E-state index in [0.717, 1.165) is 0 Å². The standard InChI is InChI=1S/C6H8N2O2/c1-6(3-7,4-10-2)8-5-9/h4H2,1-2H3. The van der Waals surface area contributed by atoms with Gasteiger partial charge in [0, 0.05) is 7.11 Å². The molecule has 0 aliphatic rings. The average molecular weight is 140 g/mol. The summed E-state index contributed by atoms with van der Waals surface area (Å²) in [4.78, 5) is 13.0. The summed E-state index contributed by atoms with van der Waals surface area (Å²) in [5.74, 6) is 0. The number of methoxy groups -OCH3 is 1. The van der Waals surface area contributed by atoms with Crippen LogP contribution in [0.1, 0.15) is 6.92 Å². The minimum Gasteiger partial charge on any atom is -0.381 e. The number of carbonyl (C=O) groups excluding carboxylic acids is 1. The molecule has 0 saturated heterocycles. The third-order valence-corrected chi connectivity index (χ3v) is 0.959. The molecule has 1 unspecified atom stereocenters. The Bertz CT molecular complexity index is 190. The van der Waals surface area contributed by atoms with Crippen LogP contribution in [0.3, 0.4) is 0 Å². The number of aliphatic imine (C=N–C) groups is 1. The van der Waals surface area contributed by atoms with E-state index in [1.165, 1.54) is 20.1 Å². The highest BCUT2D eigenvalue weighted by Gasteiger charge is 2.21. The summed E-state index contributed by atoms with van der Waals surface area (Å²) >= 11 is 0. The number of nitriles is 1. The topological polar surface area (TPSA) is 62.4 Å². The van der Waals surface area contributed by atoms with Gasteiger partial charge in [0.25, 0.3) is 0 Å². The molecule has 0 aromatic carbocycles. The fraction of sp³-hybridized carbons (Fsp3) is 0.667. The van der Waals surface area contributed by atoms with Crippen molar-refractivity contribution in [3.05, 3.63) is 0 Å². The molecule has 1 atom stereocenters. The molecule has 0 radical (unpaired) electrons. The molecule has 4 heteroatoms. The molecule has 0 fully saturated rings. The second-order valence-electron chi connectivity index (χ2n) is 2.02. The van der Waals surface area contributed by atoms with Crippen molar-refractivity contribution in [2.45, 2.75) is 12.5 Å². The molecule has 0 aliphatic carbocycles. The molecular formula is C6H8N2O2. The van der Waals surface area contributed by atoms with Gasteiger partial charge in [0.05, 0.1) is 12.7 Å². The largest absolute Gasteiger partial charge is 0.381 e. The van der Waals surface area contributed by atoms with Crippen molar-refractivity contribution in [1.82, 2.24) is 0 Å². The summed E-state index contributed by atoms with van der Waals surface area (Å²) in [6.45, 7) is 1.61. The van der Waals surface area contributed by atoms with E-state index in [9.17, 15) is 4.79 Å². The van der Waals surface area contributed by atoms with Crippen LogP contribution >= 0.6 is 0 Å².